The van der Waals surface area contributed by atoms with Crippen LogP contribution in [0.2, 0.25) is 10.0 Å². The monoisotopic (exact) mass is 554 g/mol. The summed E-state index contributed by atoms with van der Waals surface area (Å²) < 4.78 is 23.4. The molecule has 0 saturated heterocycles. The van der Waals surface area contributed by atoms with Crippen LogP contribution < -0.4 is 18.9 Å². The van der Waals surface area contributed by atoms with Crippen LogP contribution in [0.1, 0.15) is 68.0 Å². The van der Waals surface area contributed by atoms with Crippen molar-refractivity contribution in [3.05, 3.63) is 81.3 Å². The predicted molar refractivity (Wildman–Crippen MR) is 151 cm³/mol. The summed E-state index contributed by atoms with van der Waals surface area (Å²) in [5, 5.41) is 8.10. The smallest absolute Gasteiger partial charge is 0.213 e. The first-order valence-electron chi connectivity index (χ1n) is 13.0. The van der Waals surface area contributed by atoms with Crippen LogP contribution in [0.25, 0.3) is 0 Å². The van der Waals surface area contributed by atoms with Crippen LogP contribution in [-0.4, -0.2) is 31.5 Å². The van der Waals surface area contributed by atoms with Gasteiger partial charge in [0.2, 0.25) is 6.23 Å². The van der Waals surface area contributed by atoms with E-state index in [0.29, 0.717) is 33.7 Å². The van der Waals surface area contributed by atoms with Crippen molar-refractivity contribution in [3.63, 3.8) is 0 Å². The first-order valence-corrected chi connectivity index (χ1v) is 13.7. The van der Waals surface area contributed by atoms with Gasteiger partial charge in [-0.15, -0.1) is 0 Å². The highest BCUT2D eigenvalue weighted by atomic mass is 35.5. The van der Waals surface area contributed by atoms with Gasteiger partial charge in [0.1, 0.15) is 11.5 Å². The van der Waals surface area contributed by atoms with Crippen molar-refractivity contribution in [2.45, 2.75) is 51.3 Å². The highest BCUT2D eigenvalue weighted by Gasteiger charge is 2.42. The van der Waals surface area contributed by atoms with E-state index in [1.54, 1.807) is 20.3 Å². The molecule has 0 aromatic heterocycles. The average Bonchev–Trinajstić information content (AvgIpc) is 3.38. The summed E-state index contributed by atoms with van der Waals surface area (Å²) in [5.41, 5.74) is 3.75. The van der Waals surface area contributed by atoms with E-state index in [2.05, 4.69) is 6.92 Å². The molecule has 2 atom stereocenters. The second-order valence-electron chi connectivity index (χ2n) is 9.47. The summed E-state index contributed by atoms with van der Waals surface area (Å²) >= 11 is 13.0. The lowest BCUT2D eigenvalue weighted by Crippen LogP contribution is -2.33. The molecule has 0 radical (unpaired) electrons. The van der Waals surface area contributed by atoms with E-state index >= 15 is 0 Å². The molecule has 38 heavy (non-hydrogen) atoms. The lowest BCUT2D eigenvalue weighted by Gasteiger charge is -2.38. The molecule has 0 aliphatic carbocycles. The van der Waals surface area contributed by atoms with Crippen LogP contribution in [0, 0.1) is 0 Å². The Kier molecular flexibility index (Phi) is 8.20. The van der Waals surface area contributed by atoms with Gasteiger partial charge in [0.25, 0.3) is 0 Å². The second-order valence-corrected chi connectivity index (χ2v) is 10.3. The van der Waals surface area contributed by atoms with Crippen molar-refractivity contribution in [2.75, 3.05) is 20.8 Å². The molecule has 6 nitrogen and oxygen atoms in total. The molecule has 0 spiro atoms. The van der Waals surface area contributed by atoms with Gasteiger partial charge in [-0.05, 0) is 61.0 Å². The number of hydrogen-bond donors (Lipinski definition) is 0. The number of unbranched alkanes of at least 4 members (excludes halogenated alkanes) is 3. The van der Waals surface area contributed by atoms with E-state index in [1.165, 1.54) is 19.3 Å². The summed E-state index contributed by atoms with van der Waals surface area (Å²) in [6.07, 6.45) is 4.90. The molecule has 2 unspecified atom stereocenters. The maximum atomic E-state index is 6.62. The van der Waals surface area contributed by atoms with Crippen LogP contribution in [-0.2, 0) is 0 Å². The molecule has 0 fully saturated rings. The van der Waals surface area contributed by atoms with Crippen LogP contribution >= 0.6 is 23.2 Å². The molecular weight excluding hydrogens is 523 g/mol. The molecule has 0 amide bonds. The SMILES string of the molecule is CCCCCCOc1ccc(C2Oc3c(Cl)cc(Cl)cc3C3CC(c4ccc(OC)c(OC)c4)=NN32)cc1. The van der Waals surface area contributed by atoms with Crippen LogP contribution in [0.4, 0.5) is 0 Å². The van der Waals surface area contributed by atoms with Crippen molar-refractivity contribution in [1.29, 1.82) is 0 Å². The van der Waals surface area contributed by atoms with Crippen molar-refractivity contribution >= 4 is 28.9 Å². The lowest BCUT2D eigenvalue weighted by atomic mass is 9.95. The maximum Gasteiger partial charge on any atom is 0.213 e. The molecule has 2 aliphatic rings. The number of hydrazone groups is 1. The molecule has 0 saturated carbocycles. The zero-order chi connectivity index (χ0) is 26.6. The topological polar surface area (TPSA) is 52.5 Å². The number of nitrogens with zero attached hydrogens (tertiary/aromatic N) is 2. The van der Waals surface area contributed by atoms with E-state index in [0.717, 1.165) is 41.2 Å². The molecule has 3 aromatic carbocycles. The molecule has 2 aliphatic heterocycles. The molecule has 2 heterocycles. The summed E-state index contributed by atoms with van der Waals surface area (Å²) in [6.45, 7) is 2.93. The van der Waals surface area contributed by atoms with Crippen LogP contribution in [0.5, 0.6) is 23.0 Å². The molecule has 200 valence electrons. The predicted octanol–water partition coefficient (Wildman–Crippen LogP) is 8.21. The Morgan fingerprint density at radius 1 is 0.947 bits per heavy atom. The first kappa shape index (κ1) is 26.5. The van der Waals surface area contributed by atoms with Gasteiger partial charge in [-0.3, -0.25) is 0 Å². The molecule has 8 heteroatoms. The summed E-state index contributed by atoms with van der Waals surface area (Å²) in [7, 11) is 3.25. The Morgan fingerprint density at radius 2 is 1.74 bits per heavy atom. The summed E-state index contributed by atoms with van der Waals surface area (Å²) in [4.78, 5) is 0. The van der Waals surface area contributed by atoms with E-state index in [-0.39, 0.29) is 6.04 Å². The minimum absolute atomic E-state index is 0.0856. The van der Waals surface area contributed by atoms with Crippen molar-refractivity contribution in [3.8, 4) is 23.0 Å². The Balaban J connectivity index is 1.45. The summed E-state index contributed by atoms with van der Waals surface area (Å²) in [6, 6.07) is 17.4. The number of hydrogen-bond acceptors (Lipinski definition) is 6. The second kappa shape index (κ2) is 11.7. The minimum Gasteiger partial charge on any atom is -0.494 e. The highest BCUT2D eigenvalue weighted by molar-refractivity contribution is 6.35. The molecular formula is C30H32Cl2N2O4. The molecule has 0 bridgehead atoms. The third kappa shape index (κ3) is 5.38. The third-order valence-electron chi connectivity index (χ3n) is 6.96. The van der Waals surface area contributed by atoms with Gasteiger partial charge < -0.3 is 18.9 Å². The van der Waals surface area contributed by atoms with Crippen molar-refractivity contribution < 1.29 is 18.9 Å². The fourth-order valence-electron chi connectivity index (χ4n) is 4.97. The van der Waals surface area contributed by atoms with Gasteiger partial charge in [0.15, 0.2) is 11.5 Å². The Morgan fingerprint density at radius 3 is 2.47 bits per heavy atom. The normalized spacial score (nSPS) is 17.8. The van der Waals surface area contributed by atoms with E-state index in [1.807, 2.05) is 53.5 Å². The van der Waals surface area contributed by atoms with Crippen LogP contribution in [0.15, 0.2) is 59.7 Å². The van der Waals surface area contributed by atoms with Gasteiger partial charge in [-0.2, -0.15) is 5.10 Å². The van der Waals surface area contributed by atoms with E-state index in [9.17, 15) is 0 Å². The van der Waals surface area contributed by atoms with Crippen molar-refractivity contribution in [2.24, 2.45) is 5.10 Å². The van der Waals surface area contributed by atoms with Gasteiger partial charge in [-0.25, -0.2) is 5.01 Å². The average molecular weight is 556 g/mol. The number of rotatable bonds is 10. The lowest BCUT2D eigenvalue weighted by molar-refractivity contribution is -0.0189. The molecule has 0 N–H and O–H groups in total. The molecule has 3 aromatic rings. The van der Waals surface area contributed by atoms with E-state index in [4.69, 9.17) is 47.3 Å². The molecule has 5 rings (SSSR count). The van der Waals surface area contributed by atoms with Crippen molar-refractivity contribution in [1.82, 2.24) is 5.01 Å². The Bertz CT molecular complexity index is 1310. The summed E-state index contributed by atoms with van der Waals surface area (Å²) in [5.74, 6) is 2.81. The fraction of sp³-hybridized carbons (Fsp3) is 0.367. The first-order chi connectivity index (χ1) is 18.5. The van der Waals surface area contributed by atoms with Gasteiger partial charge in [0.05, 0.1) is 37.6 Å². The number of halogens is 2. The Labute approximate surface area is 234 Å². The standard InChI is InChI=1S/C30H32Cl2N2O4/c1-4-5-6-7-14-37-22-11-8-19(9-12-22)30-34-26(23-16-21(31)17-24(32)29(23)38-30)18-25(33-34)20-10-13-27(35-2)28(15-20)36-3/h8-13,15-17,26,30H,4-7,14,18H2,1-3H3. The highest BCUT2D eigenvalue weighted by Crippen LogP contribution is 2.51. The van der Waals surface area contributed by atoms with Gasteiger partial charge in [-0.1, -0.05) is 49.4 Å². The van der Waals surface area contributed by atoms with Gasteiger partial charge in [0, 0.05) is 28.1 Å². The Hall–Kier alpha value is -3.09. The van der Waals surface area contributed by atoms with E-state index < -0.39 is 6.23 Å². The zero-order valence-electron chi connectivity index (χ0n) is 21.9. The number of benzene rings is 3. The quantitative estimate of drug-likeness (QED) is 0.236. The third-order valence-corrected chi connectivity index (χ3v) is 7.46. The fourth-order valence-corrected chi connectivity index (χ4v) is 5.53. The number of methoxy groups -OCH3 is 2. The van der Waals surface area contributed by atoms with Crippen LogP contribution in [0.3, 0.4) is 0 Å². The minimum atomic E-state index is -0.456. The largest absolute Gasteiger partial charge is 0.494 e. The maximum absolute atomic E-state index is 6.62. The zero-order valence-corrected chi connectivity index (χ0v) is 23.4. The van der Waals surface area contributed by atoms with Gasteiger partial charge >= 0.3 is 0 Å². The number of fused-ring (bicyclic) bond motifs is 3. The number of ether oxygens (including phenoxy) is 4.